The van der Waals surface area contributed by atoms with E-state index in [4.69, 9.17) is 5.11 Å². The van der Waals surface area contributed by atoms with Crippen molar-refractivity contribution in [3.8, 4) is 0 Å². The van der Waals surface area contributed by atoms with E-state index in [-0.39, 0.29) is 5.92 Å². The normalized spacial score (nSPS) is 34.6. The van der Waals surface area contributed by atoms with Crippen LogP contribution < -0.4 is 0 Å². The summed E-state index contributed by atoms with van der Waals surface area (Å²) in [6, 6.07) is 1.06. The topological polar surface area (TPSA) is 43.8 Å². The first kappa shape index (κ1) is 11.9. The standard InChI is InChI=1S/C12H22N2O2/c1-13(2)5-6-14-10-3-4-11(14)8-9(7-10)12(15)16/h9-11H,3-8H2,1-2H3,(H,15,16). The molecule has 2 atom stereocenters. The van der Waals surface area contributed by atoms with Crippen molar-refractivity contribution in [2.45, 2.75) is 37.8 Å². The minimum atomic E-state index is -0.593. The third kappa shape index (κ3) is 2.38. The summed E-state index contributed by atoms with van der Waals surface area (Å²) in [7, 11) is 4.18. The van der Waals surface area contributed by atoms with Gasteiger partial charge in [0, 0.05) is 25.2 Å². The fourth-order valence-electron chi connectivity index (χ4n) is 3.16. The molecule has 2 heterocycles. The second-order valence-electron chi connectivity index (χ2n) is 5.43. The van der Waals surface area contributed by atoms with Crippen LogP contribution in [0, 0.1) is 5.92 Å². The Balaban J connectivity index is 1.92. The van der Waals surface area contributed by atoms with Gasteiger partial charge in [0.1, 0.15) is 0 Å². The van der Waals surface area contributed by atoms with E-state index in [1.807, 2.05) is 0 Å². The summed E-state index contributed by atoms with van der Waals surface area (Å²) in [6.45, 7) is 2.17. The van der Waals surface area contributed by atoms with E-state index in [1.54, 1.807) is 0 Å². The van der Waals surface area contributed by atoms with Gasteiger partial charge < -0.3 is 10.0 Å². The molecule has 0 saturated carbocycles. The van der Waals surface area contributed by atoms with Gasteiger partial charge >= 0.3 is 5.97 Å². The fraction of sp³-hybridized carbons (Fsp3) is 0.917. The zero-order valence-electron chi connectivity index (χ0n) is 10.2. The summed E-state index contributed by atoms with van der Waals surface area (Å²) in [5.74, 6) is -0.683. The van der Waals surface area contributed by atoms with Crippen LogP contribution >= 0.6 is 0 Å². The van der Waals surface area contributed by atoms with Gasteiger partial charge in [-0.2, -0.15) is 0 Å². The van der Waals surface area contributed by atoms with Crippen LogP contribution in [-0.4, -0.2) is 60.1 Å². The van der Waals surface area contributed by atoms with E-state index >= 15 is 0 Å². The summed E-state index contributed by atoms with van der Waals surface area (Å²) < 4.78 is 0. The molecule has 2 aliphatic rings. The second kappa shape index (κ2) is 4.72. The molecule has 0 radical (unpaired) electrons. The number of rotatable bonds is 4. The molecule has 0 aromatic rings. The first-order valence-electron chi connectivity index (χ1n) is 6.21. The molecule has 2 unspecified atom stereocenters. The molecular formula is C12H22N2O2. The van der Waals surface area contributed by atoms with Gasteiger partial charge in [-0.05, 0) is 39.8 Å². The van der Waals surface area contributed by atoms with Crippen molar-refractivity contribution in [2.75, 3.05) is 27.2 Å². The molecule has 16 heavy (non-hydrogen) atoms. The van der Waals surface area contributed by atoms with Gasteiger partial charge in [0.25, 0.3) is 0 Å². The second-order valence-corrected chi connectivity index (χ2v) is 5.43. The quantitative estimate of drug-likeness (QED) is 0.772. The SMILES string of the molecule is CN(C)CCN1C2CCC1CC(C(=O)O)C2. The Kier molecular flexibility index (Phi) is 3.50. The van der Waals surface area contributed by atoms with Crippen molar-refractivity contribution in [3.05, 3.63) is 0 Å². The molecule has 0 amide bonds. The van der Waals surface area contributed by atoms with Crippen LogP contribution in [0.1, 0.15) is 25.7 Å². The maximum Gasteiger partial charge on any atom is 0.306 e. The molecule has 4 nitrogen and oxygen atoms in total. The summed E-state index contributed by atoms with van der Waals surface area (Å²) in [5, 5.41) is 9.08. The predicted octanol–water partition coefficient (Wildman–Crippen LogP) is 0.876. The van der Waals surface area contributed by atoms with Crippen LogP contribution in [0.2, 0.25) is 0 Å². The minimum Gasteiger partial charge on any atom is -0.481 e. The van der Waals surface area contributed by atoms with Gasteiger partial charge in [0.05, 0.1) is 5.92 Å². The van der Waals surface area contributed by atoms with E-state index in [0.29, 0.717) is 12.1 Å². The summed E-state index contributed by atoms with van der Waals surface area (Å²) in [4.78, 5) is 15.8. The molecule has 2 aliphatic heterocycles. The Morgan fingerprint density at radius 3 is 2.31 bits per heavy atom. The van der Waals surface area contributed by atoms with Crippen LogP contribution in [0.5, 0.6) is 0 Å². The summed E-state index contributed by atoms with van der Waals surface area (Å²) in [6.07, 6.45) is 4.11. The summed E-state index contributed by atoms with van der Waals surface area (Å²) >= 11 is 0. The molecule has 0 aromatic heterocycles. The van der Waals surface area contributed by atoms with Crippen molar-refractivity contribution >= 4 is 5.97 Å². The Labute approximate surface area is 97.2 Å². The first-order chi connectivity index (χ1) is 7.58. The number of piperidine rings is 1. The van der Waals surface area contributed by atoms with Crippen molar-refractivity contribution in [1.29, 1.82) is 0 Å². The number of aliphatic carboxylic acids is 1. The largest absolute Gasteiger partial charge is 0.481 e. The Hall–Kier alpha value is -0.610. The molecule has 2 bridgehead atoms. The lowest BCUT2D eigenvalue weighted by atomic mass is 9.91. The van der Waals surface area contributed by atoms with E-state index in [1.165, 1.54) is 12.8 Å². The van der Waals surface area contributed by atoms with Crippen molar-refractivity contribution < 1.29 is 9.90 Å². The zero-order valence-corrected chi connectivity index (χ0v) is 10.2. The van der Waals surface area contributed by atoms with E-state index in [2.05, 4.69) is 23.9 Å². The molecule has 2 fully saturated rings. The maximum atomic E-state index is 11.0. The molecule has 92 valence electrons. The zero-order chi connectivity index (χ0) is 11.7. The number of carbonyl (C=O) groups is 1. The molecule has 4 heteroatoms. The number of carboxylic acids is 1. The number of hydrogen-bond donors (Lipinski definition) is 1. The lowest BCUT2D eigenvalue weighted by Crippen LogP contribution is -2.47. The third-order valence-electron chi connectivity index (χ3n) is 4.04. The van der Waals surface area contributed by atoms with Crippen LogP contribution in [-0.2, 0) is 4.79 Å². The van der Waals surface area contributed by atoms with E-state index < -0.39 is 5.97 Å². The first-order valence-corrected chi connectivity index (χ1v) is 6.21. The number of fused-ring (bicyclic) bond motifs is 2. The average Bonchev–Trinajstić information content (AvgIpc) is 2.46. The van der Waals surface area contributed by atoms with Crippen LogP contribution in [0.4, 0.5) is 0 Å². The Bertz CT molecular complexity index is 254. The maximum absolute atomic E-state index is 11.0. The fourth-order valence-corrected chi connectivity index (χ4v) is 3.16. The van der Waals surface area contributed by atoms with Crippen molar-refractivity contribution in [3.63, 3.8) is 0 Å². The monoisotopic (exact) mass is 226 g/mol. The predicted molar refractivity (Wildman–Crippen MR) is 62.4 cm³/mol. The van der Waals surface area contributed by atoms with Gasteiger partial charge in [0.15, 0.2) is 0 Å². The molecule has 0 spiro atoms. The van der Waals surface area contributed by atoms with E-state index in [9.17, 15) is 4.79 Å². The van der Waals surface area contributed by atoms with E-state index in [0.717, 1.165) is 25.9 Å². The number of nitrogens with zero attached hydrogens (tertiary/aromatic N) is 2. The third-order valence-corrected chi connectivity index (χ3v) is 4.04. The van der Waals surface area contributed by atoms with Crippen molar-refractivity contribution in [1.82, 2.24) is 9.80 Å². The van der Waals surface area contributed by atoms with Crippen LogP contribution in [0.15, 0.2) is 0 Å². The molecule has 2 rings (SSSR count). The number of likely N-dealkylation sites (N-methyl/N-ethyl adjacent to an activating group) is 1. The Morgan fingerprint density at radius 1 is 1.31 bits per heavy atom. The van der Waals surface area contributed by atoms with Gasteiger partial charge in [0.2, 0.25) is 0 Å². The molecule has 0 aromatic carbocycles. The van der Waals surface area contributed by atoms with Gasteiger partial charge in [-0.25, -0.2) is 0 Å². The molecule has 2 saturated heterocycles. The number of carboxylic acid groups (broad SMARTS) is 1. The highest BCUT2D eigenvalue weighted by atomic mass is 16.4. The minimum absolute atomic E-state index is 0.0897. The lowest BCUT2D eigenvalue weighted by molar-refractivity contribution is -0.144. The highest BCUT2D eigenvalue weighted by Crippen LogP contribution is 2.38. The van der Waals surface area contributed by atoms with Crippen molar-refractivity contribution in [2.24, 2.45) is 5.92 Å². The van der Waals surface area contributed by atoms with Crippen LogP contribution in [0.25, 0.3) is 0 Å². The van der Waals surface area contributed by atoms with Gasteiger partial charge in [-0.3, -0.25) is 9.69 Å². The smallest absolute Gasteiger partial charge is 0.306 e. The highest BCUT2D eigenvalue weighted by molar-refractivity contribution is 5.70. The van der Waals surface area contributed by atoms with Gasteiger partial charge in [-0.1, -0.05) is 0 Å². The molecule has 0 aliphatic carbocycles. The summed E-state index contributed by atoms with van der Waals surface area (Å²) in [5.41, 5.74) is 0. The number of hydrogen-bond acceptors (Lipinski definition) is 3. The highest BCUT2D eigenvalue weighted by Gasteiger charge is 2.42. The Morgan fingerprint density at radius 2 is 1.88 bits per heavy atom. The van der Waals surface area contributed by atoms with Gasteiger partial charge in [-0.15, -0.1) is 0 Å². The molecule has 1 N–H and O–H groups in total. The average molecular weight is 226 g/mol. The van der Waals surface area contributed by atoms with Crippen LogP contribution in [0.3, 0.4) is 0 Å². The lowest BCUT2D eigenvalue weighted by Gasteiger charge is -2.38. The molecular weight excluding hydrogens is 204 g/mol.